The molecule has 0 aliphatic carbocycles. The van der Waals surface area contributed by atoms with Gasteiger partial charge in [0.2, 0.25) is 0 Å². The topological polar surface area (TPSA) is 64.7 Å². The number of hydrogen-bond acceptors (Lipinski definition) is 4. The van der Waals surface area contributed by atoms with Crippen molar-refractivity contribution in [3.8, 4) is 11.5 Å². The van der Waals surface area contributed by atoms with Crippen LogP contribution in [0, 0.1) is 0 Å². The predicted molar refractivity (Wildman–Crippen MR) is 123 cm³/mol. The van der Waals surface area contributed by atoms with E-state index in [0.717, 1.165) is 28.9 Å². The minimum atomic E-state index is 0.261. The lowest BCUT2D eigenvalue weighted by Gasteiger charge is -2.17. The van der Waals surface area contributed by atoms with Gasteiger partial charge in [-0.3, -0.25) is 0 Å². The van der Waals surface area contributed by atoms with Crippen LogP contribution < -0.4 is 10.5 Å². The van der Waals surface area contributed by atoms with E-state index in [1.54, 1.807) is 12.1 Å². The molecule has 3 rings (SSSR count). The maximum Gasteiger partial charge on any atom is 0.119 e. The maximum absolute atomic E-state index is 9.74. The molecule has 3 N–H and O–H groups in total. The molecular formula is C26H29NO3. The number of benzene rings is 3. The average molecular weight is 404 g/mol. The molecule has 0 bridgehead atoms. The van der Waals surface area contributed by atoms with E-state index in [4.69, 9.17) is 15.2 Å². The summed E-state index contributed by atoms with van der Waals surface area (Å²) in [4.78, 5) is 0. The van der Waals surface area contributed by atoms with E-state index >= 15 is 0 Å². The Labute approximate surface area is 178 Å². The van der Waals surface area contributed by atoms with Gasteiger partial charge in [0.1, 0.15) is 18.1 Å². The van der Waals surface area contributed by atoms with Crippen molar-refractivity contribution in [3.05, 3.63) is 95.6 Å². The smallest absolute Gasteiger partial charge is 0.119 e. The molecule has 4 heteroatoms. The fourth-order valence-electron chi connectivity index (χ4n) is 3.43. The van der Waals surface area contributed by atoms with Gasteiger partial charge in [-0.05, 0) is 58.5 Å². The lowest BCUT2D eigenvalue weighted by molar-refractivity contribution is 0.106. The lowest BCUT2D eigenvalue weighted by Crippen LogP contribution is -2.13. The normalized spacial score (nSPS) is 11.8. The summed E-state index contributed by atoms with van der Waals surface area (Å²) >= 11 is 0. The zero-order valence-corrected chi connectivity index (χ0v) is 17.4. The van der Waals surface area contributed by atoms with Gasteiger partial charge in [-0.15, -0.1) is 0 Å². The van der Waals surface area contributed by atoms with Crippen molar-refractivity contribution in [2.45, 2.75) is 13.3 Å². The monoisotopic (exact) mass is 403 g/mol. The molecule has 0 aliphatic rings. The van der Waals surface area contributed by atoms with E-state index in [0.29, 0.717) is 26.4 Å². The summed E-state index contributed by atoms with van der Waals surface area (Å²) in [5.41, 5.74) is 11.2. The zero-order valence-electron chi connectivity index (χ0n) is 17.4. The first-order valence-corrected chi connectivity index (χ1v) is 10.3. The molecule has 0 aromatic heterocycles. The number of rotatable bonds is 10. The second kappa shape index (κ2) is 11.2. The van der Waals surface area contributed by atoms with Crippen LogP contribution in [0.2, 0.25) is 0 Å². The quantitative estimate of drug-likeness (QED) is 0.364. The first kappa shape index (κ1) is 21.6. The summed E-state index contributed by atoms with van der Waals surface area (Å²) in [6, 6.07) is 25.9. The molecule has 4 nitrogen and oxygen atoms in total. The van der Waals surface area contributed by atoms with Gasteiger partial charge in [0.25, 0.3) is 0 Å². The number of allylic oxidation sites excluding steroid dienone is 1. The zero-order chi connectivity index (χ0) is 21.2. The van der Waals surface area contributed by atoms with Crippen molar-refractivity contribution < 1.29 is 14.6 Å². The number of phenolic OH excluding ortho intramolecular Hbond substituents is 1. The molecule has 0 heterocycles. The standard InChI is InChI=1S/C26H29NO3/c1-2-25(20-6-4-3-5-7-20)26(21-8-12-23(28)13-9-21)22-10-14-24(15-11-22)30-19-18-29-17-16-27/h3-15,28H,2,16-19,27H2,1H3/b26-25-. The molecule has 0 unspecified atom stereocenters. The van der Waals surface area contributed by atoms with E-state index in [1.165, 1.54) is 11.1 Å². The van der Waals surface area contributed by atoms with Crippen LogP contribution >= 0.6 is 0 Å². The van der Waals surface area contributed by atoms with E-state index in [9.17, 15) is 5.11 Å². The molecule has 3 aromatic rings. The summed E-state index contributed by atoms with van der Waals surface area (Å²) in [5.74, 6) is 1.06. The highest BCUT2D eigenvalue weighted by Gasteiger charge is 2.13. The van der Waals surface area contributed by atoms with E-state index in [2.05, 4.69) is 43.3 Å². The number of phenols is 1. The van der Waals surface area contributed by atoms with Crippen LogP contribution in [0.4, 0.5) is 0 Å². The van der Waals surface area contributed by atoms with Crippen LogP contribution in [-0.4, -0.2) is 31.5 Å². The summed E-state index contributed by atoms with van der Waals surface area (Å²) in [7, 11) is 0. The van der Waals surface area contributed by atoms with Gasteiger partial charge in [0.05, 0.1) is 13.2 Å². The fourth-order valence-corrected chi connectivity index (χ4v) is 3.43. The molecule has 3 aromatic carbocycles. The van der Waals surface area contributed by atoms with Crippen molar-refractivity contribution in [3.63, 3.8) is 0 Å². The second-order valence-electron chi connectivity index (χ2n) is 6.89. The summed E-state index contributed by atoms with van der Waals surface area (Å²) in [6.45, 7) is 4.24. The van der Waals surface area contributed by atoms with Gasteiger partial charge in [0.15, 0.2) is 0 Å². The highest BCUT2D eigenvalue weighted by Crippen LogP contribution is 2.35. The Kier molecular flexibility index (Phi) is 8.07. The van der Waals surface area contributed by atoms with Gasteiger partial charge in [-0.2, -0.15) is 0 Å². The Morgan fingerprint density at radius 1 is 0.767 bits per heavy atom. The van der Waals surface area contributed by atoms with Crippen molar-refractivity contribution in [1.29, 1.82) is 0 Å². The molecule has 156 valence electrons. The highest BCUT2D eigenvalue weighted by molar-refractivity contribution is 5.98. The molecule has 0 fully saturated rings. The largest absolute Gasteiger partial charge is 0.508 e. The maximum atomic E-state index is 9.74. The Balaban J connectivity index is 1.93. The molecule has 0 spiro atoms. The molecule has 0 saturated carbocycles. The van der Waals surface area contributed by atoms with Gasteiger partial charge in [0, 0.05) is 6.54 Å². The minimum Gasteiger partial charge on any atom is -0.508 e. The SMILES string of the molecule is CC/C(=C(\c1ccc(O)cc1)c1ccc(OCCOCCN)cc1)c1ccccc1. The number of hydrogen-bond donors (Lipinski definition) is 2. The minimum absolute atomic E-state index is 0.261. The van der Waals surface area contributed by atoms with Crippen molar-refractivity contribution in [2.75, 3.05) is 26.4 Å². The number of nitrogens with two attached hydrogens (primary N) is 1. The third-order valence-corrected chi connectivity index (χ3v) is 4.84. The summed E-state index contributed by atoms with van der Waals surface area (Å²) < 4.78 is 11.1. The first-order valence-electron chi connectivity index (χ1n) is 10.3. The molecule has 0 aliphatic heterocycles. The van der Waals surface area contributed by atoms with Gasteiger partial charge < -0.3 is 20.3 Å². The molecule has 0 atom stereocenters. The van der Waals surface area contributed by atoms with Crippen LogP contribution in [0.3, 0.4) is 0 Å². The second-order valence-corrected chi connectivity index (χ2v) is 6.89. The molecular weight excluding hydrogens is 374 g/mol. The van der Waals surface area contributed by atoms with Gasteiger partial charge in [-0.25, -0.2) is 0 Å². The van der Waals surface area contributed by atoms with Crippen molar-refractivity contribution in [1.82, 2.24) is 0 Å². The van der Waals surface area contributed by atoms with Crippen molar-refractivity contribution >= 4 is 11.1 Å². The van der Waals surface area contributed by atoms with Gasteiger partial charge in [-0.1, -0.05) is 61.5 Å². The Hall–Kier alpha value is -3.08. The van der Waals surface area contributed by atoms with E-state index < -0.39 is 0 Å². The Morgan fingerprint density at radius 3 is 2.00 bits per heavy atom. The highest BCUT2D eigenvalue weighted by atomic mass is 16.5. The molecule has 0 amide bonds. The van der Waals surface area contributed by atoms with E-state index in [-0.39, 0.29) is 5.75 Å². The van der Waals surface area contributed by atoms with Crippen LogP contribution in [0.15, 0.2) is 78.9 Å². The Morgan fingerprint density at radius 2 is 1.40 bits per heavy atom. The van der Waals surface area contributed by atoms with Crippen LogP contribution in [0.5, 0.6) is 11.5 Å². The summed E-state index contributed by atoms with van der Waals surface area (Å²) in [6.07, 6.45) is 0.886. The van der Waals surface area contributed by atoms with Crippen LogP contribution in [-0.2, 0) is 4.74 Å². The third-order valence-electron chi connectivity index (χ3n) is 4.84. The van der Waals surface area contributed by atoms with Crippen LogP contribution in [0.1, 0.15) is 30.0 Å². The summed E-state index contributed by atoms with van der Waals surface area (Å²) in [5, 5.41) is 9.74. The number of aromatic hydroxyl groups is 1. The third kappa shape index (κ3) is 5.72. The van der Waals surface area contributed by atoms with E-state index in [1.807, 2.05) is 30.3 Å². The average Bonchev–Trinajstić information content (AvgIpc) is 2.79. The number of ether oxygens (including phenoxy) is 2. The molecule has 0 radical (unpaired) electrons. The molecule has 0 saturated heterocycles. The first-order chi connectivity index (χ1) is 14.7. The molecule has 30 heavy (non-hydrogen) atoms. The van der Waals surface area contributed by atoms with Gasteiger partial charge >= 0.3 is 0 Å². The lowest BCUT2D eigenvalue weighted by atomic mass is 9.88. The van der Waals surface area contributed by atoms with Crippen molar-refractivity contribution in [2.24, 2.45) is 5.73 Å². The fraction of sp³-hybridized carbons (Fsp3) is 0.231. The predicted octanol–water partition coefficient (Wildman–Crippen LogP) is 5.12. The Bertz CT molecular complexity index is 932. The van der Waals surface area contributed by atoms with Crippen LogP contribution in [0.25, 0.3) is 11.1 Å².